The number of carbonyl (C=O) groups excluding carboxylic acids is 1. The minimum atomic E-state index is 0.0575. The first-order chi connectivity index (χ1) is 12.3. The maximum Gasteiger partial charge on any atom is 0.225 e. The molecule has 0 aromatic carbocycles. The van der Waals surface area contributed by atoms with E-state index in [0.29, 0.717) is 12.5 Å². The summed E-state index contributed by atoms with van der Waals surface area (Å²) in [5.74, 6) is 0.0575. The summed E-state index contributed by atoms with van der Waals surface area (Å²) in [4.78, 5) is 23.1. The predicted octanol–water partition coefficient (Wildman–Crippen LogP) is 3.29. The molecule has 1 saturated heterocycles. The minimum absolute atomic E-state index is 0.0575. The maximum atomic E-state index is 12.2. The summed E-state index contributed by atoms with van der Waals surface area (Å²) in [6.45, 7) is 1.91. The van der Waals surface area contributed by atoms with E-state index >= 15 is 0 Å². The van der Waals surface area contributed by atoms with Crippen LogP contribution in [0.1, 0.15) is 37.8 Å². The number of piperidine rings is 1. The molecule has 1 unspecified atom stereocenters. The quantitative estimate of drug-likeness (QED) is 0.841. The van der Waals surface area contributed by atoms with Gasteiger partial charge in [-0.2, -0.15) is 0 Å². The second-order valence-electron chi connectivity index (χ2n) is 6.59. The molecule has 1 amide bonds. The number of pyridine rings is 2. The third kappa shape index (κ3) is 5.64. The van der Waals surface area contributed by atoms with Crippen molar-refractivity contribution >= 4 is 11.6 Å². The van der Waals surface area contributed by atoms with Crippen molar-refractivity contribution < 1.29 is 4.79 Å². The molecule has 25 heavy (non-hydrogen) atoms. The van der Waals surface area contributed by atoms with Gasteiger partial charge in [0.05, 0.1) is 11.9 Å². The molecule has 0 aliphatic carbocycles. The highest BCUT2D eigenvalue weighted by Crippen LogP contribution is 2.21. The number of nitrogens with zero attached hydrogens (tertiary/aromatic N) is 3. The van der Waals surface area contributed by atoms with Crippen LogP contribution in [-0.2, 0) is 11.2 Å². The van der Waals surface area contributed by atoms with Crippen LogP contribution in [0.4, 0.5) is 5.69 Å². The summed E-state index contributed by atoms with van der Waals surface area (Å²) in [5, 5.41) is 2.92. The Hall–Kier alpha value is -2.27. The van der Waals surface area contributed by atoms with Crippen molar-refractivity contribution in [2.45, 2.75) is 44.6 Å². The van der Waals surface area contributed by atoms with Gasteiger partial charge in [-0.15, -0.1) is 0 Å². The van der Waals surface area contributed by atoms with Gasteiger partial charge in [-0.25, -0.2) is 0 Å². The van der Waals surface area contributed by atoms with E-state index in [9.17, 15) is 4.79 Å². The maximum absolute atomic E-state index is 12.2. The Morgan fingerprint density at radius 2 is 2.16 bits per heavy atom. The average molecular weight is 338 g/mol. The van der Waals surface area contributed by atoms with Gasteiger partial charge in [0.1, 0.15) is 0 Å². The van der Waals surface area contributed by atoms with Crippen LogP contribution >= 0.6 is 0 Å². The normalized spacial score (nSPS) is 18.0. The zero-order valence-electron chi connectivity index (χ0n) is 14.6. The van der Waals surface area contributed by atoms with Crippen molar-refractivity contribution in [3.05, 3.63) is 54.6 Å². The van der Waals surface area contributed by atoms with Crippen LogP contribution in [0.25, 0.3) is 0 Å². The number of aromatic nitrogens is 2. The Balaban J connectivity index is 1.46. The molecule has 0 spiro atoms. The van der Waals surface area contributed by atoms with Gasteiger partial charge in [0.25, 0.3) is 0 Å². The second kappa shape index (κ2) is 9.28. The highest BCUT2D eigenvalue weighted by molar-refractivity contribution is 5.90. The van der Waals surface area contributed by atoms with Gasteiger partial charge in [0.15, 0.2) is 0 Å². The SMILES string of the molecule is O=C(CCN1CCCCC1CCc1ccccn1)Nc1cccnc1. The molecule has 3 heterocycles. The molecule has 1 N–H and O–H groups in total. The molecule has 1 fully saturated rings. The summed E-state index contributed by atoms with van der Waals surface area (Å²) in [6.07, 6.45) is 11.6. The van der Waals surface area contributed by atoms with Gasteiger partial charge in [-0.3, -0.25) is 19.7 Å². The summed E-state index contributed by atoms with van der Waals surface area (Å²) >= 11 is 0. The standard InChI is InChI=1S/C20H26N4O/c25-20(23-18-7-5-12-21-16-18)11-15-24-14-4-2-8-19(24)10-9-17-6-1-3-13-22-17/h1,3,5-7,12-13,16,19H,2,4,8-11,14-15H2,(H,23,25). The van der Waals surface area contributed by atoms with E-state index < -0.39 is 0 Å². The van der Waals surface area contributed by atoms with E-state index in [4.69, 9.17) is 0 Å². The predicted molar refractivity (Wildman–Crippen MR) is 99.3 cm³/mol. The Morgan fingerprint density at radius 1 is 1.20 bits per heavy atom. The van der Waals surface area contributed by atoms with Gasteiger partial charge >= 0.3 is 0 Å². The van der Waals surface area contributed by atoms with Crippen LogP contribution in [-0.4, -0.2) is 39.9 Å². The van der Waals surface area contributed by atoms with Crippen LogP contribution < -0.4 is 5.32 Å². The number of hydrogen-bond acceptors (Lipinski definition) is 4. The molecule has 1 aliphatic heterocycles. The molecule has 2 aromatic heterocycles. The lowest BCUT2D eigenvalue weighted by molar-refractivity contribution is -0.116. The summed E-state index contributed by atoms with van der Waals surface area (Å²) in [7, 11) is 0. The average Bonchev–Trinajstić information content (AvgIpc) is 2.67. The van der Waals surface area contributed by atoms with Crippen LogP contribution in [0.5, 0.6) is 0 Å². The van der Waals surface area contributed by atoms with Crippen molar-refractivity contribution in [3.8, 4) is 0 Å². The van der Waals surface area contributed by atoms with Gasteiger partial charge in [-0.1, -0.05) is 12.5 Å². The Labute approximate surface area is 149 Å². The number of anilines is 1. The first-order valence-corrected chi connectivity index (χ1v) is 9.15. The van der Waals surface area contributed by atoms with E-state index in [1.54, 1.807) is 12.4 Å². The van der Waals surface area contributed by atoms with Gasteiger partial charge in [0, 0.05) is 37.1 Å². The van der Waals surface area contributed by atoms with Crippen molar-refractivity contribution in [2.75, 3.05) is 18.4 Å². The monoisotopic (exact) mass is 338 g/mol. The zero-order chi connectivity index (χ0) is 17.3. The number of amides is 1. The lowest BCUT2D eigenvalue weighted by Gasteiger charge is -2.35. The molecule has 2 aromatic rings. The first kappa shape index (κ1) is 17.5. The summed E-state index contributed by atoms with van der Waals surface area (Å²) < 4.78 is 0. The fourth-order valence-corrected chi connectivity index (χ4v) is 3.45. The number of aryl methyl sites for hydroxylation is 1. The third-order valence-electron chi connectivity index (χ3n) is 4.78. The zero-order valence-corrected chi connectivity index (χ0v) is 14.6. The number of hydrogen-bond donors (Lipinski definition) is 1. The lowest BCUT2D eigenvalue weighted by Crippen LogP contribution is -2.41. The smallest absolute Gasteiger partial charge is 0.225 e. The first-order valence-electron chi connectivity index (χ1n) is 9.15. The molecule has 5 heteroatoms. The molecular weight excluding hydrogens is 312 g/mol. The number of rotatable bonds is 7. The van der Waals surface area contributed by atoms with E-state index in [1.165, 1.54) is 19.3 Å². The lowest BCUT2D eigenvalue weighted by atomic mass is 9.97. The highest BCUT2D eigenvalue weighted by atomic mass is 16.1. The topological polar surface area (TPSA) is 58.1 Å². The Kier molecular flexibility index (Phi) is 6.51. The largest absolute Gasteiger partial charge is 0.325 e. The Morgan fingerprint density at radius 3 is 2.96 bits per heavy atom. The summed E-state index contributed by atoms with van der Waals surface area (Å²) in [6, 6.07) is 10.3. The van der Waals surface area contributed by atoms with Crippen molar-refractivity contribution in [1.29, 1.82) is 0 Å². The van der Waals surface area contributed by atoms with Gasteiger partial charge < -0.3 is 5.32 Å². The highest BCUT2D eigenvalue weighted by Gasteiger charge is 2.22. The fraction of sp³-hybridized carbons (Fsp3) is 0.450. The molecular formula is C20H26N4O. The van der Waals surface area contributed by atoms with Crippen molar-refractivity contribution in [3.63, 3.8) is 0 Å². The molecule has 3 rings (SSSR count). The number of likely N-dealkylation sites (tertiary alicyclic amines) is 1. The number of carbonyl (C=O) groups is 1. The molecule has 0 bridgehead atoms. The van der Waals surface area contributed by atoms with Gasteiger partial charge in [0.2, 0.25) is 5.91 Å². The second-order valence-corrected chi connectivity index (χ2v) is 6.59. The molecule has 5 nitrogen and oxygen atoms in total. The van der Waals surface area contributed by atoms with Gasteiger partial charge in [-0.05, 0) is 56.5 Å². The molecule has 0 radical (unpaired) electrons. The molecule has 1 aliphatic rings. The van der Waals surface area contributed by atoms with E-state index in [-0.39, 0.29) is 5.91 Å². The fourth-order valence-electron chi connectivity index (χ4n) is 3.45. The van der Waals surface area contributed by atoms with Crippen LogP contribution in [0.3, 0.4) is 0 Å². The van der Waals surface area contributed by atoms with Crippen LogP contribution in [0, 0.1) is 0 Å². The number of nitrogens with one attached hydrogen (secondary N) is 1. The van der Waals surface area contributed by atoms with Crippen molar-refractivity contribution in [2.24, 2.45) is 0 Å². The van der Waals surface area contributed by atoms with E-state index in [1.807, 2.05) is 30.5 Å². The molecule has 1 atom stereocenters. The minimum Gasteiger partial charge on any atom is -0.325 e. The van der Waals surface area contributed by atoms with Crippen LogP contribution in [0.15, 0.2) is 48.9 Å². The summed E-state index contributed by atoms with van der Waals surface area (Å²) in [5.41, 5.74) is 1.92. The molecule has 0 saturated carbocycles. The van der Waals surface area contributed by atoms with E-state index in [2.05, 4.69) is 26.3 Å². The van der Waals surface area contributed by atoms with Crippen molar-refractivity contribution in [1.82, 2.24) is 14.9 Å². The third-order valence-corrected chi connectivity index (χ3v) is 4.78. The van der Waals surface area contributed by atoms with Crippen LogP contribution in [0.2, 0.25) is 0 Å². The van der Waals surface area contributed by atoms with E-state index in [0.717, 1.165) is 37.3 Å². The Bertz CT molecular complexity index is 647. The molecule has 132 valence electrons.